The fourth-order valence-corrected chi connectivity index (χ4v) is 4.02. The Morgan fingerprint density at radius 2 is 1.74 bits per heavy atom. The molecule has 10 heteroatoms. The molecule has 1 aromatic heterocycles. The highest BCUT2D eigenvalue weighted by Crippen LogP contribution is 2.35. The van der Waals surface area contributed by atoms with Gasteiger partial charge in [-0.15, -0.1) is 10.2 Å². The van der Waals surface area contributed by atoms with Gasteiger partial charge in [-0.3, -0.25) is 0 Å². The van der Waals surface area contributed by atoms with Crippen LogP contribution in [-0.2, 0) is 30.2 Å². The Labute approximate surface area is 201 Å². The Hall–Kier alpha value is -3.43. The number of hydrogen-bond donors (Lipinski definition) is 0. The molecule has 0 spiro atoms. The number of esters is 2. The first-order chi connectivity index (χ1) is 16.5. The molecule has 9 nitrogen and oxygen atoms in total. The minimum Gasteiger partial charge on any atom is -0.466 e. The van der Waals surface area contributed by atoms with Crippen LogP contribution in [-0.4, -0.2) is 54.5 Å². The lowest BCUT2D eigenvalue weighted by Gasteiger charge is -2.31. The number of ether oxygens (including phenoxy) is 3. The monoisotopic (exact) mass is 484 g/mol. The molecule has 1 aliphatic heterocycles. The number of benzene rings is 2. The molecule has 0 amide bonds. The molecule has 0 N–H and O–H groups in total. The molecular weight excluding hydrogens is 460 g/mol. The van der Waals surface area contributed by atoms with Gasteiger partial charge in [0.2, 0.25) is 0 Å². The van der Waals surface area contributed by atoms with Crippen LogP contribution < -0.4 is 4.90 Å². The molecule has 0 atom stereocenters. The number of fused-ring (bicyclic) bond motifs is 1. The second kappa shape index (κ2) is 10.2. The number of aryl methyl sites for hydroxylation is 1. The summed E-state index contributed by atoms with van der Waals surface area (Å²) >= 11 is 6.57. The predicted octanol–water partition coefficient (Wildman–Crippen LogP) is 3.81. The third kappa shape index (κ3) is 4.62. The fourth-order valence-electron chi connectivity index (χ4n) is 3.76. The number of methoxy groups -OCH3 is 2. The molecule has 34 heavy (non-hydrogen) atoms. The quantitative estimate of drug-likeness (QED) is 0.467. The first-order valence-corrected chi connectivity index (χ1v) is 11.3. The van der Waals surface area contributed by atoms with Crippen LogP contribution in [0.5, 0.6) is 0 Å². The van der Waals surface area contributed by atoms with Gasteiger partial charge in [-0.1, -0.05) is 37.1 Å². The Balaban J connectivity index is 1.73. The Bertz CT molecular complexity index is 1250. The SMILES string of the molecule is CCCCc1ccc(-n2nc3cc(Cl)c(N4COCC(C(=O)OC)=C4C(=O)OC)cc3n2)cc1. The third-order valence-corrected chi connectivity index (χ3v) is 5.86. The van der Waals surface area contributed by atoms with Crippen LogP contribution in [0, 0.1) is 0 Å². The van der Waals surface area contributed by atoms with Crippen LogP contribution in [0.1, 0.15) is 25.3 Å². The van der Waals surface area contributed by atoms with Gasteiger partial charge in [-0.25, -0.2) is 9.59 Å². The second-order valence-electron chi connectivity index (χ2n) is 7.77. The Kier molecular flexibility index (Phi) is 7.14. The minimum atomic E-state index is -0.702. The van der Waals surface area contributed by atoms with Gasteiger partial charge in [-0.2, -0.15) is 4.80 Å². The molecular formula is C24H25ClN4O5. The Morgan fingerprint density at radius 1 is 1.06 bits per heavy atom. The van der Waals surface area contributed by atoms with E-state index in [1.165, 1.54) is 29.5 Å². The number of nitrogens with zero attached hydrogens (tertiary/aromatic N) is 4. The number of carbonyl (C=O) groups excluding carboxylic acids is 2. The van der Waals surface area contributed by atoms with Crippen LogP contribution in [0.25, 0.3) is 16.7 Å². The average molecular weight is 485 g/mol. The average Bonchev–Trinajstić information content (AvgIpc) is 3.28. The van der Waals surface area contributed by atoms with Crippen molar-refractivity contribution in [3.8, 4) is 5.69 Å². The smallest absolute Gasteiger partial charge is 0.355 e. The highest BCUT2D eigenvalue weighted by Gasteiger charge is 2.33. The van der Waals surface area contributed by atoms with E-state index in [-0.39, 0.29) is 24.6 Å². The zero-order chi connectivity index (χ0) is 24.2. The lowest BCUT2D eigenvalue weighted by Crippen LogP contribution is -2.38. The van der Waals surface area contributed by atoms with E-state index in [2.05, 4.69) is 29.3 Å². The lowest BCUT2D eigenvalue weighted by atomic mass is 10.1. The summed E-state index contributed by atoms with van der Waals surface area (Å²) in [6, 6.07) is 11.5. The molecule has 0 radical (unpaired) electrons. The number of halogens is 1. The molecule has 3 aromatic rings. The van der Waals surface area contributed by atoms with Crippen molar-refractivity contribution in [3.63, 3.8) is 0 Å². The number of unbranched alkanes of at least 4 members (excludes halogenated alkanes) is 1. The van der Waals surface area contributed by atoms with Crippen molar-refractivity contribution in [1.82, 2.24) is 15.0 Å². The lowest BCUT2D eigenvalue weighted by molar-refractivity contribution is -0.140. The summed E-state index contributed by atoms with van der Waals surface area (Å²) in [4.78, 5) is 27.9. The number of rotatable bonds is 7. The maximum atomic E-state index is 12.6. The first kappa shape index (κ1) is 23.7. The van der Waals surface area contributed by atoms with E-state index in [1.54, 1.807) is 12.1 Å². The summed E-state index contributed by atoms with van der Waals surface area (Å²) in [6.45, 7) is 2.07. The van der Waals surface area contributed by atoms with Gasteiger partial charge >= 0.3 is 11.9 Å². The number of aromatic nitrogens is 3. The van der Waals surface area contributed by atoms with Crippen LogP contribution in [0.2, 0.25) is 5.02 Å². The molecule has 0 fully saturated rings. The summed E-state index contributed by atoms with van der Waals surface area (Å²) in [7, 11) is 2.47. The van der Waals surface area contributed by atoms with Crippen molar-refractivity contribution in [2.24, 2.45) is 0 Å². The van der Waals surface area contributed by atoms with Crippen LogP contribution in [0.3, 0.4) is 0 Å². The van der Waals surface area contributed by atoms with Crippen molar-refractivity contribution in [1.29, 1.82) is 0 Å². The molecule has 0 saturated heterocycles. The van der Waals surface area contributed by atoms with Crippen molar-refractivity contribution >= 4 is 40.3 Å². The fraction of sp³-hybridized carbons (Fsp3) is 0.333. The van der Waals surface area contributed by atoms with Gasteiger partial charge in [0.15, 0.2) is 0 Å². The van der Waals surface area contributed by atoms with E-state index >= 15 is 0 Å². The van der Waals surface area contributed by atoms with Crippen LogP contribution in [0.15, 0.2) is 47.7 Å². The highest BCUT2D eigenvalue weighted by atomic mass is 35.5. The topological polar surface area (TPSA) is 95.8 Å². The van der Waals surface area contributed by atoms with Gasteiger partial charge in [0.1, 0.15) is 23.5 Å². The first-order valence-electron chi connectivity index (χ1n) is 10.9. The van der Waals surface area contributed by atoms with E-state index in [0.717, 1.165) is 24.9 Å². The van der Waals surface area contributed by atoms with Crippen molar-refractivity contribution in [2.45, 2.75) is 26.2 Å². The number of hydrogen-bond acceptors (Lipinski definition) is 8. The van der Waals surface area contributed by atoms with Crippen molar-refractivity contribution < 1.29 is 23.8 Å². The van der Waals surface area contributed by atoms with Crippen LogP contribution >= 0.6 is 11.6 Å². The van der Waals surface area contributed by atoms with Gasteiger partial charge < -0.3 is 19.1 Å². The summed E-state index contributed by atoms with van der Waals surface area (Å²) in [6.07, 6.45) is 3.32. The van der Waals surface area contributed by atoms with E-state index < -0.39 is 11.9 Å². The molecule has 1 aliphatic rings. The normalized spacial score (nSPS) is 13.9. The highest BCUT2D eigenvalue weighted by molar-refractivity contribution is 6.34. The molecule has 2 heterocycles. The van der Waals surface area contributed by atoms with Gasteiger partial charge in [0.05, 0.1) is 42.8 Å². The van der Waals surface area contributed by atoms with E-state index in [0.29, 0.717) is 21.7 Å². The maximum Gasteiger partial charge on any atom is 0.355 e. The maximum absolute atomic E-state index is 12.6. The van der Waals surface area contributed by atoms with E-state index in [9.17, 15) is 9.59 Å². The van der Waals surface area contributed by atoms with E-state index in [4.69, 9.17) is 25.8 Å². The van der Waals surface area contributed by atoms with Gasteiger partial charge in [-0.05, 0) is 42.7 Å². The summed E-state index contributed by atoms with van der Waals surface area (Å²) < 4.78 is 15.3. The molecule has 0 saturated carbocycles. The summed E-state index contributed by atoms with van der Waals surface area (Å²) in [5.41, 5.74) is 3.71. The van der Waals surface area contributed by atoms with Gasteiger partial charge in [0, 0.05) is 0 Å². The van der Waals surface area contributed by atoms with E-state index in [1.807, 2.05) is 12.1 Å². The summed E-state index contributed by atoms with van der Waals surface area (Å²) in [5.74, 6) is -1.39. The number of anilines is 1. The predicted molar refractivity (Wildman–Crippen MR) is 127 cm³/mol. The zero-order valence-corrected chi connectivity index (χ0v) is 20.0. The minimum absolute atomic E-state index is 0.0104. The zero-order valence-electron chi connectivity index (χ0n) is 19.2. The molecule has 178 valence electrons. The van der Waals surface area contributed by atoms with Crippen molar-refractivity contribution in [3.05, 3.63) is 58.3 Å². The third-order valence-electron chi connectivity index (χ3n) is 5.56. The molecule has 2 aromatic carbocycles. The van der Waals surface area contributed by atoms with Crippen molar-refractivity contribution in [2.75, 3.05) is 32.5 Å². The summed E-state index contributed by atoms with van der Waals surface area (Å²) in [5, 5.41) is 9.44. The van der Waals surface area contributed by atoms with Crippen LogP contribution in [0.4, 0.5) is 5.69 Å². The Morgan fingerprint density at radius 3 is 2.38 bits per heavy atom. The number of carbonyl (C=O) groups is 2. The second-order valence-corrected chi connectivity index (χ2v) is 8.17. The van der Waals surface area contributed by atoms with Gasteiger partial charge in [0.25, 0.3) is 0 Å². The molecule has 0 aliphatic carbocycles. The molecule has 0 unspecified atom stereocenters. The molecule has 0 bridgehead atoms. The standard InChI is InChI=1S/C24H25ClN4O5/c1-4-5-6-15-7-9-16(10-8-15)29-26-19-11-18(25)21(12-20(19)27-29)28-14-34-13-17(23(30)32-2)22(28)24(31)33-3/h7-12H,4-6,13-14H2,1-3H3. The largest absolute Gasteiger partial charge is 0.466 e. The molecule has 4 rings (SSSR count).